The van der Waals surface area contributed by atoms with Crippen molar-refractivity contribution in [1.82, 2.24) is 9.13 Å². The van der Waals surface area contributed by atoms with Crippen LogP contribution in [-0.4, -0.2) is 48.1 Å². The van der Waals surface area contributed by atoms with Crippen molar-refractivity contribution in [3.05, 3.63) is 60.0 Å². The third kappa shape index (κ3) is 5.44. The van der Waals surface area contributed by atoms with Gasteiger partial charge in [-0.25, -0.2) is 9.36 Å². The number of carbonyl (C=O) groups excluding carboxylic acids is 1. The molecule has 1 saturated heterocycles. The van der Waals surface area contributed by atoms with Crippen LogP contribution in [0.5, 0.6) is 5.75 Å². The van der Waals surface area contributed by atoms with Gasteiger partial charge in [-0.2, -0.15) is 0 Å². The fourth-order valence-corrected chi connectivity index (χ4v) is 6.05. The number of fused-ring (bicyclic) bond motifs is 1. The Balaban J connectivity index is 1.86. The van der Waals surface area contributed by atoms with E-state index in [2.05, 4.69) is 15.9 Å². The predicted octanol–water partition coefficient (Wildman–Crippen LogP) is 3.80. The summed E-state index contributed by atoms with van der Waals surface area (Å²) >= 11 is 4.82. The molecule has 3 heterocycles. The highest BCUT2D eigenvalue weighted by molar-refractivity contribution is 9.11. The van der Waals surface area contributed by atoms with Crippen LogP contribution in [0.25, 0.3) is 10.2 Å². The molecular weight excluding hydrogens is 552 g/mol. The molecule has 1 atom stereocenters. The Bertz CT molecular complexity index is 1360. The van der Waals surface area contributed by atoms with Crippen molar-refractivity contribution < 1.29 is 23.7 Å². The van der Waals surface area contributed by atoms with Crippen LogP contribution in [0.3, 0.4) is 0 Å². The third-order valence-electron chi connectivity index (χ3n) is 6.19. The SMILES string of the molecule is CCOC(=O)Cn1c(=O)c2c(C)c(Br)sc2n(CC(OC2CCOCC2)c2ccccc2OC)c1=O. The number of esters is 1. The first kappa shape index (κ1) is 26.6. The lowest BCUT2D eigenvalue weighted by Gasteiger charge is -2.29. The number of methoxy groups -OCH3 is 1. The van der Waals surface area contributed by atoms with Crippen molar-refractivity contribution in [2.24, 2.45) is 0 Å². The molecule has 1 aromatic carbocycles. The highest BCUT2D eigenvalue weighted by Crippen LogP contribution is 2.35. The summed E-state index contributed by atoms with van der Waals surface area (Å²) in [5, 5.41) is 0.389. The van der Waals surface area contributed by atoms with Gasteiger partial charge in [0.05, 0.1) is 35.5 Å². The summed E-state index contributed by atoms with van der Waals surface area (Å²) in [6.07, 6.45) is 0.881. The first-order valence-corrected chi connectivity index (χ1v) is 13.4. The minimum atomic E-state index is -0.644. The number of aryl methyl sites for hydroxylation is 1. The number of aromatic nitrogens is 2. The summed E-state index contributed by atoms with van der Waals surface area (Å²) in [6, 6.07) is 7.53. The number of nitrogens with zero attached hydrogens (tertiary/aromatic N) is 2. The Kier molecular flexibility index (Phi) is 8.66. The van der Waals surface area contributed by atoms with E-state index in [-0.39, 0.29) is 19.3 Å². The van der Waals surface area contributed by atoms with Crippen LogP contribution >= 0.6 is 27.3 Å². The highest BCUT2D eigenvalue weighted by Gasteiger charge is 2.27. The summed E-state index contributed by atoms with van der Waals surface area (Å²) in [5.41, 5.74) is 0.398. The molecule has 2 aromatic heterocycles. The second kappa shape index (κ2) is 11.7. The quantitative estimate of drug-likeness (QED) is 0.355. The van der Waals surface area contributed by atoms with Crippen LogP contribution < -0.4 is 16.0 Å². The monoisotopic (exact) mass is 580 g/mol. The number of carbonyl (C=O) groups is 1. The zero-order valence-electron chi connectivity index (χ0n) is 20.5. The van der Waals surface area contributed by atoms with Crippen molar-refractivity contribution in [2.75, 3.05) is 26.9 Å². The van der Waals surface area contributed by atoms with E-state index in [1.807, 2.05) is 31.2 Å². The van der Waals surface area contributed by atoms with Gasteiger partial charge in [-0.15, -0.1) is 11.3 Å². The van der Waals surface area contributed by atoms with Crippen LogP contribution in [-0.2, 0) is 32.1 Å². The van der Waals surface area contributed by atoms with Gasteiger partial charge < -0.3 is 18.9 Å². The zero-order chi connectivity index (χ0) is 25.8. The molecule has 4 rings (SSSR count). The van der Waals surface area contributed by atoms with E-state index < -0.39 is 29.9 Å². The number of ether oxygens (including phenoxy) is 4. The first-order chi connectivity index (χ1) is 17.3. The molecule has 36 heavy (non-hydrogen) atoms. The minimum absolute atomic E-state index is 0.0536. The fraction of sp³-hybridized carbons (Fsp3) is 0.480. The molecular formula is C25H29BrN2O7S. The summed E-state index contributed by atoms with van der Waals surface area (Å²) in [4.78, 5) is 39.8. The molecule has 0 amide bonds. The normalized spacial score (nSPS) is 15.2. The Morgan fingerprint density at radius 1 is 1.22 bits per heavy atom. The van der Waals surface area contributed by atoms with E-state index in [1.165, 1.54) is 15.9 Å². The molecule has 0 aliphatic carbocycles. The van der Waals surface area contributed by atoms with E-state index in [0.29, 0.717) is 34.7 Å². The predicted molar refractivity (Wildman–Crippen MR) is 140 cm³/mol. The van der Waals surface area contributed by atoms with Gasteiger partial charge in [-0.3, -0.25) is 14.2 Å². The molecule has 1 aliphatic heterocycles. The number of thiophene rings is 1. The molecule has 0 bridgehead atoms. The van der Waals surface area contributed by atoms with E-state index in [1.54, 1.807) is 14.0 Å². The van der Waals surface area contributed by atoms with E-state index in [9.17, 15) is 14.4 Å². The molecule has 1 unspecified atom stereocenters. The van der Waals surface area contributed by atoms with Gasteiger partial charge in [-0.1, -0.05) is 18.2 Å². The lowest BCUT2D eigenvalue weighted by atomic mass is 10.1. The van der Waals surface area contributed by atoms with Gasteiger partial charge in [0.2, 0.25) is 0 Å². The number of rotatable bonds is 9. The first-order valence-electron chi connectivity index (χ1n) is 11.8. The van der Waals surface area contributed by atoms with Crippen molar-refractivity contribution in [2.45, 2.75) is 52.0 Å². The Hall–Kier alpha value is -2.47. The number of hydrogen-bond donors (Lipinski definition) is 0. The van der Waals surface area contributed by atoms with Crippen molar-refractivity contribution in [1.29, 1.82) is 0 Å². The number of hydrogen-bond acceptors (Lipinski definition) is 8. The number of halogens is 1. The Morgan fingerprint density at radius 3 is 2.64 bits per heavy atom. The maximum Gasteiger partial charge on any atom is 0.332 e. The standard InChI is InChI=1S/C25H29BrN2O7S/c1-4-34-20(29)14-27-23(30)21-15(2)22(26)36-24(21)28(25(27)31)13-19(35-16-9-11-33-12-10-16)17-7-5-6-8-18(17)32-3/h5-8,16,19H,4,9-14H2,1-3H3. The van der Waals surface area contributed by atoms with Gasteiger partial charge in [-0.05, 0) is 54.2 Å². The largest absolute Gasteiger partial charge is 0.496 e. The Labute approximate surface area is 220 Å². The third-order valence-corrected chi connectivity index (χ3v) is 8.37. The second-order valence-electron chi connectivity index (χ2n) is 8.45. The smallest absolute Gasteiger partial charge is 0.332 e. The summed E-state index contributed by atoms with van der Waals surface area (Å²) in [5.74, 6) is -0.00322. The molecule has 0 spiro atoms. The second-order valence-corrected chi connectivity index (χ2v) is 10.8. The van der Waals surface area contributed by atoms with Crippen LogP contribution in [0.15, 0.2) is 37.6 Å². The van der Waals surface area contributed by atoms with E-state index in [0.717, 1.165) is 26.8 Å². The zero-order valence-corrected chi connectivity index (χ0v) is 22.9. The Morgan fingerprint density at radius 2 is 1.94 bits per heavy atom. The summed E-state index contributed by atoms with van der Waals surface area (Å²) < 4.78 is 25.9. The van der Waals surface area contributed by atoms with E-state index >= 15 is 0 Å². The van der Waals surface area contributed by atoms with Gasteiger partial charge in [0.1, 0.15) is 23.2 Å². The molecule has 194 valence electrons. The van der Waals surface area contributed by atoms with Crippen LogP contribution in [0.4, 0.5) is 0 Å². The summed E-state index contributed by atoms with van der Waals surface area (Å²) in [6.45, 7) is 4.51. The molecule has 9 nitrogen and oxygen atoms in total. The average Bonchev–Trinajstić information content (AvgIpc) is 3.18. The fourth-order valence-electron chi connectivity index (χ4n) is 4.36. The van der Waals surface area contributed by atoms with Gasteiger partial charge in [0.15, 0.2) is 0 Å². The summed E-state index contributed by atoms with van der Waals surface area (Å²) in [7, 11) is 1.59. The molecule has 0 N–H and O–H groups in total. The van der Waals surface area contributed by atoms with E-state index in [4.69, 9.17) is 18.9 Å². The lowest BCUT2D eigenvalue weighted by Crippen LogP contribution is -2.42. The molecule has 1 aliphatic rings. The molecule has 0 saturated carbocycles. The minimum Gasteiger partial charge on any atom is -0.496 e. The lowest BCUT2D eigenvalue weighted by molar-refractivity contribution is -0.143. The molecule has 1 fully saturated rings. The maximum atomic E-state index is 13.7. The van der Waals surface area contributed by atoms with Crippen molar-refractivity contribution in [3.63, 3.8) is 0 Å². The molecule has 0 radical (unpaired) electrons. The number of para-hydroxylation sites is 1. The van der Waals surface area contributed by atoms with Gasteiger partial charge in [0.25, 0.3) is 5.56 Å². The maximum absolute atomic E-state index is 13.7. The van der Waals surface area contributed by atoms with Gasteiger partial charge in [0, 0.05) is 18.8 Å². The average molecular weight is 581 g/mol. The highest BCUT2D eigenvalue weighted by atomic mass is 79.9. The van der Waals surface area contributed by atoms with Crippen molar-refractivity contribution in [3.8, 4) is 5.75 Å². The number of benzene rings is 1. The van der Waals surface area contributed by atoms with Gasteiger partial charge >= 0.3 is 11.7 Å². The van der Waals surface area contributed by atoms with Crippen LogP contribution in [0.2, 0.25) is 0 Å². The van der Waals surface area contributed by atoms with Crippen molar-refractivity contribution >= 4 is 43.5 Å². The topological polar surface area (TPSA) is 98.0 Å². The molecule has 3 aromatic rings. The molecule has 11 heteroatoms. The van der Waals surface area contributed by atoms with Crippen LogP contribution in [0, 0.1) is 6.92 Å². The van der Waals surface area contributed by atoms with Crippen LogP contribution in [0.1, 0.15) is 37.0 Å².